The fraction of sp³-hybridized carbons (Fsp3) is 0.0952. The van der Waals surface area contributed by atoms with Crippen molar-refractivity contribution in [3.63, 3.8) is 0 Å². The summed E-state index contributed by atoms with van der Waals surface area (Å²) in [6.45, 7) is 0.251. The minimum absolute atomic E-state index is 0.251. The van der Waals surface area contributed by atoms with Crippen LogP contribution in [0.4, 0.5) is 5.69 Å². The number of pyridine rings is 1. The van der Waals surface area contributed by atoms with E-state index in [0.717, 1.165) is 9.98 Å². The van der Waals surface area contributed by atoms with Gasteiger partial charge in [0.1, 0.15) is 6.04 Å². The second-order valence-corrected chi connectivity index (χ2v) is 6.54. The summed E-state index contributed by atoms with van der Waals surface area (Å²) in [5, 5.41) is 2.77. The molecule has 1 heterocycles. The first kappa shape index (κ1) is 19.5. The van der Waals surface area contributed by atoms with Gasteiger partial charge in [-0.25, -0.2) is 4.42 Å². The van der Waals surface area contributed by atoms with Gasteiger partial charge in [0.25, 0.3) is 11.8 Å². The number of anilines is 1. The van der Waals surface area contributed by atoms with Crippen LogP contribution in [0.15, 0.2) is 79.1 Å². The predicted octanol–water partition coefficient (Wildman–Crippen LogP) is 3.52. The van der Waals surface area contributed by atoms with Gasteiger partial charge in [-0.2, -0.15) is 0 Å². The topological polar surface area (TPSA) is 88.3 Å². The van der Waals surface area contributed by atoms with Crippen molar-refractivity contribution < 1.29 is 9.59 Å². The maximum Gasteiger partial charge on any atom is 0.258 e. The summed E-state index contributed by atoms with van der Waals surface area (Å²) in [6.07, 6.45) is 3.19. The summed E-state index contributed by atoms with van der Waals surface area (Å²) in [5.74, 6) is -0.680. The first-order valence-electron chi connectivity index (χ1n) is 8.62. The molecule has 6 nitrogen and oxygen atoms in total. The molecule has 1 atom stereocenters. The SMILES string of the molecule is NC(C(=O)N(Cl)Cc1ccccc1)c1ccc(C(=O)Nc2ccncc2)cc1. The van der Waals surface area contributed by atoms with Crippen LogP contribution in [-0.2, 0) is 11.3 Å². The minimum atomic E-state index is -0.918. The maximum atomic E-state index is 12.5. The Hall–Kier alpha value is -3.22. The summed E-state index contributed by atoms with van der Waals surface area (Å²) in [5.41, 5.74) is 8.64. The van der Waals surface area contributed by atoms with Crippen molar-refractivity contribution in [2.75, 3.05) is 5.32 Å². The lowest BCUT2D eigenvalue weighted by molar-refractivity contribution is -0.128. The highest BCUT2D eigenvalue weighted by molar-refractivity contribution is 6.21. The van der Waals surface area contributed by atoms with Gasteiger partial charge in [-0.1, -0.05) is 42.5 Å². The molecule has 7 heteroatoms. The molecular weight excluding hydrogens is 376 g/mol. The average molecular weight is 395 g/mol. The van der Waals surface area contributed by atoms with Crippen LogP contribution in [0.1, 0.15) is 27.5 Å². The van der Waals surface area contributed by atoms with Crippen LogP contribution in [0.3, 0.4) is 0 Å². The highest BCUT2D eigenvalue weighted by Crippen LogP contribution is 2.18. The Labute approximate surface area is 168 Å². The Morgan fingerprint density at radius 2 is 1.64 bits per heavy atom. The summed E-state index contributed by atoms with van der Waals surface area (Å²) < 4.78 is 1.07. The van der Waals surface area contributed by atoms with Crippen LogP contribution in [0.2, 0.25) is 0 Å². The number of nitrogens with two attached hydrogens (primary N) is 1. The lowest BCUT2D eigenvalue weighted by Gasteiger charge is -2.19. The van der Waals surface area contributed by atoms with Crippen LogP contribution >= 0.6 is 11.8 Å². The molecule has 0 saturated heterocycles. The molecule has 0 spiro atoms. The van der Waals surface area contributed by atoms with E-state index in [4.69, 9.17) is 17.5 Å². The van der Waals surface area contributed by atoms with E-state index < -0.39 is 11.9 Å². The van der Waals surface area contributed by atoms with Gasteiger partial charge in [-0.15, -0.1) is 0 Å². The number of nitrogens with zero attached hydrogens (tertiary/aromatic N) is 2. The van der Waals surface area contributed by atoms with E-state index in [1.54, 1.807) is 48.8 Å². The van der Waals surface area contributed by atoms with Gasteiger partial charge >= 0.3 is 0 Å². The normalized spacial score (nSPS) is 11.5. The van der Waals surface area contributed by atoms with Gasteiger partial charge in [-0.05, 0) is 35.4 Å². The Kier molecular flexibility index (Phi) is 6.37. The molecule has 0 bridgehead atoms. The summed E-state index contributed by atoms with van der Waals surface area (Å²) in [7, 11) is 0. The summed E-state index contributed by atoms with van der Waals surface area (Å²) in [6, 6.07) is 18.4. The molecule has 2 aromatic carbocycles. The zero-order valence-corrected chi connectivity index (χ0v) is 15.7. The number of amides is 2. The van der Waals surface area contributed by atoms with E-state index in [9.17, 15) is 9.59 Å². The highest BCUT2D eigenvalue weighted by atomic mass is 35.5. The lowest BCUT2D eigenvalue weighted by Crippen LogP contribution is -2.32. The fourth-order valence-corrected chi connectivity index (χ4v) is 2.84. The summed E-state index contributed by atoms with van der Waals surface area (Å²) in [4.78, 5) is 28.7. The van der Waals surface area contributed by atoms with Crippen LogP contribution < -0.4 is 11.1 Å². The van der Waals surface area contributed by atoms with Crippen molar-refractivity contribution in [2.24, 2.45) is 5.73 Å². The third-order valence-electron chi connectivity index (χ3n) is 4.14. The zero-order chi connectivity index (χ0) is 19.9. The molecule has 28 heavy (non-hydrogen) atoms. The predicted molar refractivity (Wildman–Crippen MR) is 108 cm³/mol. The molecule has 1 aromatic heterocycles. The lowest BCUT2D eigenvalue weighted by atomic mass is 10.0. The molecule has 0 aliphatic carbocycles. The van der Waals surface area contributed by atoms with Crippen molar-refractivity contribution in [1.82, 2.24) is 9.40 Å². The molecule has 0 radical (unpaired) electrons. The summed E-state index contributed by atoms with van der Waals surface area (Å²) >= 11 is 6.12. The van der Waals surface area contributed by atoms with E-state index in [1.165, 1.54) is 0 Å². The molecule has 1 unspecified atom stereocenters. The molecule has 0 fully saturated rings. The number of hydrogen-bond acceptors (Lipinski definition) is 4. The van der Waals surface area contributed by atoms with E-state index in [2.05, 4.69) is 10.3 Å². The minimum Gasteiger partial charge on any atom is -0.322 e. The number of rotatable bonds is 6. The molecule has 3 N–H and O–H groups in total. The molecule has 0 aliphatic rings. The van der Waals surface area contributed by atoms with Gasteiger partial charge in [0, 0.05) is 35.4 Å². The first-order chi connectivity index (χ1) is 13.5. The number of benzene rings is 2. The molecule has 142 valence electrons. The Balaban J connectivity index is 1.63. The van der Waals surface area contributed by atoms with Gasteiger partial charge in [-0.3, -0.25) is 14.6 Å². The smallest absolute Gasteiger partial charge is 0.258 e. The van der Waals surface area contributed by atoms with E-state index in [0.29, 0.717) is 16.8 Å². The van der Waals surface area contributed by atoms with Crippen LogP contribution in [0.5, 0.6) is 0 Å². The molecular formula is C21H19ClN4O2. The largest absolute Gasteiger partial charge is 0.322 e. The Morgan fingerprint density at radius 1 is 1.00 bits per heavy atom. The van der Waals surface area contributed by atoms with E-state index in [-0.39, 0.29) is 12.5 Å². The molecule has 0 aliphatic heterocycles. The van der Waals surface area contributed by atoms with Gasteiger partial charge in [0.2, 0.25) is 0 Å². The van der Waals surface area contributed by atoms with Crippen molar-refractivity contribution in [3.05, 3.63) is 95.8 Å². The third-order valence-corrected chi connectivity index (χ3v) is 4.43. The Morgan fingerprint density at radius 3 is 2.29 bits per heavy atom. The Bertz CT molecular complexity index is 934. The molecule has 0 saturated carbocycles. The van der Waals surface area contributed by atoms with Crippen molar-refractivity contribution in [3.8, 4) is 0 Å². The van der Waals surface area contributed by atoms with Crippen molar-refractivity contribution in [1.29, 1.82) is 0 Å². The molecule has 3 rings (SSSR count). The molecule has 2 amide bonds. The zero-order valence-electron chi connectivity index (χ0n) is 15.0. The first-order valence-corrected chi connectivity index (χ1v) is 8.96. The van der Waals surface area contributed by atoms with Crippen molar-refractivity contribution >= 4 is 29.3 Å². The van der Waals surface area contributed by atoms with Crippen LogP contribution in [0, 0.1) is 0 Å². The number of aromatic nitrogens is 1. The number of carbonyl (C=O) groups is 2. The second-order valence-electron chi connectivity index (χ2n) is 6.13. The maximum absolute atomic E-state index is 12.5. The number of carbonyl (C=O) groups excluding carboxylic acids is 2. The quantitative estimate of drug-likeness (QED) is 0.626. The van der Waals surface area contributed by atoms with E-state index >= 15 is 0 Å². The molecule has 3 aromatic rings. The van der Waals surface area contributed by atoms with Crippen LogP contribution in [0.25, 0.3) is 0 Å². The standard InChI is InChI=1S/C21H19ClN4O2/c22-26(14-15-4-2-1-3-5-15)21(28)19(23)16-6-8-17(9-7-16)20(27)25-18-10-12-24-13-11-18/h1-13,19H,14,23H2,(H,24,25,27). The van der Waals surface area contributed by atoms with Gasteiger partial charge in [0.15, 0.2) is 0 Å². The average Bonchev–Trinajstić information content (AvgIpc) is 2.74. The van der Waals surface area contributed by atoms with Crippen LogP contribution in [-0.4, -0.2) is 21.2 Å². The third kappa shape index (κ3) is 4.94. The second kappa shape index (κ2) is 9.12. The monoisotopic (exact) mass is 394 g/mol. The van der Waals surface area contributed by atoms with Gasteiger partial charge < -0.3 is 11.1 Å². The highest BCUT2D eigenvalue weighted by Gasteiger charge is 2.22. The number of halogens is 1. The fourth-order valence-electron chi connectivity index (χ4n) is 2.60. The van der Waals surface area contributed by atoms with E-state index in [1.807, 2.05) is 30.3 Å². The number of nitrogens with one attached hydrogen (secondary N) is 1. The van der Waals surface area contributed by atoms with Gasteiger partial charge in [0.05, 0.1) is 6.54 Å². The van der Waals surface area contributed by atoms with Crippen molar-refractivity contribution in [2.45, 2.75) is 12.6 Å². The number of hydrogen-bond donors (Lipinski definition) is 2.